The zero-order chi connectivity index (χ0) is 26.3. The number of carbonyl (C=O) groups is 1. The van der Waals surface area contributed by atoms with Crippen molar-refractivity contribution in [2.24, 2.45) is 0 Å². The van der Waals surface area contributed by atoms with E-state index in [0.717, 1.165) is 5.56 Å². The summed E-state index contributed by atoms with van der Waals surface area (Å²) in [5.74, 6) is -3.77. The lowest BCUT2D eigenvalue weighted by Crippen LogP contribution is -2.38. The molecule has 1 aromatic heterocycles. The van der Waals surface area contributed by atoms with Crippen LogP contribution < -0.4 is 16.0 Å². The van der Waals surface area contributed by atoms with E-state index in [0.29, 0.717) is 62.5 Å². The summed E-state index contributed by atoms with van der Waals surface area (Å²) in [7, 11) is 3.62. The number of hydrogen-bond acceptors (Lipinski definition) is 7. The molecule has 2 aliphatic rings. The van der Waals surface area contributed by atoms with E-state index in [-0.39, 0.29) is 28.7 Å². The number of halogens is 3. The van der Waals surface area contributed by atoms with Crippen molar-refractivity contribution in [3.05, 3.63) is 58.5 Å². The van der Waals surface area contributed by atoms with E-state index in [1.165, 1.54) is 6.07 Å². The maximum absolute atomic E-state index is 15.6. The van der Waals surface area contributed by atoms with Gasteiger partial charge in [0.1, 0.15) is 11.4 Å². The SMILES string of the molecule is CN(C)Cc1cc(-c2nc(-c3ccc4c(c3)CCNC4=O)c(N)nc2F)c(F)c(F)c1N1CCOCC1. The number of nitrogens with two attached hydrogens (primary N) is 1. The van der Waals surface area contributed by atoms with Crippen molar-refractivity contribution in [2.45, 2.75) is 13.0 Å². The van der Waals surface area contributed by atoms with Crippen LogP contribution in [0.2, 0.25) is 0 Å². The van der Waals surface area contributed by atoms with Crippen LogP contribution in [0.3, 0.4) is 0 Å². The topological polar surface area (TPSA) is 96.6 Å². The molecule has 3 N–H and O–H groups in total. The molecule has 1 saturated heterocycles. The Kier molecular flexibility index (Phi) is 6.74. The average Bonchev–Trinajstić information content (AvgIpc) is 2.87. The summed E-state index contributed by atoms with van der Waals surface area (Å²) in [4.78, 5) is 23.8. The van der Waals surface area contributed by atoms with Crippen LogP contribution in [0.5, 0.6) is 0 Å². The van der Waals surface area contributed by atoms with Gasteiger partial charge in [0.05, 0.1) is 18.9 Å². The van der Waals surface area contributed by atoms with Crippen molar-refractivity contribution < 1.29 is 22.7 Å². The highest BCUT2D eigenvalue weighted by Crippen LogP contribution is 2.37. The second-order valence-corrected chi connectivity index (χ2v) is 9.37. The number of nitrogens with one attached hydrogen (secondary N) is 1. The molecule has 2 aliphatic heterocycles. The Bertz CT molecular complexity index is 1380. The van der Waals surface area contributed by atoms with Crippen LogP contribution in [0.4, 0.5) is 24.7 Å². The number of benzene rings is 2. The highest BCUT2D eigenvalue weighted by molar-refractivity contribution is 5.97. The summed E-state index contributed by atoms with van der Waals surface area (Å²) in [5.41, 5.74) is 7.78. The van der Waals surface area contributed by atoms with Crippen molar-refractivity contribution >= 4 is 17.4 Å². The van der Waals surface area contributed by atoms with Gasteiger partial charge >= 0.3 is 0 Å². The van der Waals surface area contributed by atoms with Crippen molar-refractivity contribution in [1.82, 2.24) is 20.2 Å². The first-order valence-electron chi connectivity index (χ1n) is 12.0. The first-order chi connectivity index (χ1) is 17.7. The molecule has 1 fully saturated rings. The number of ether oxygens (including phenoxy) is 1. The van der Waals surface area contributed by atoms with Gasteiger partial charge in [0.15, 0.2) is 17.5 Å². The highest BCUT2D eigenvalue weighted by atomic mass is 19.2. The molecule has 0 aliphatic carbocycles. The molecule has 0 saturated carbocycles. The predicted molar refractivity (Wildman–Crippen MR) is 134 cm³/mol. The van der Waals surface area contributed by atoms with Crippen LogP contribution >= 0.6 is 0 Å². The number of nitrogen functional groups attached to an aromatic ring is 1. The largest absolute Gasteiger partial charge is 0.382 e. The van der Waals surface area contributed by atoms with Gasteiger partial charge in [-0.15, -0.1) is 0 Å². The van der Waals surface area contributed by atoms with Crippen LogP contribution in [0, 0.1) is 17.6 Å². The quantitative estimate of drug-likeness (QED) is 0.543. The van der Waals surface area contributed by atoms with Crippen LogP contribution in [0.15, 0.2) is 24.3 Å². The molecule has 0 unspecified atom stereocenters. The van der Waals surface area contributed by atoms with Gasteiger partial charge < -0.3 is 25.6 Å². The molecular formula is C26H27F3N6O2. The lowest BCUT2D eigenvalue weighted by atomic mass is 9.96. The summed E-state index contributed by atoms with van der Waals surface area (Å²) in [5, 5.41) is 2.77. The number of fused-ring (bicyclic) bond motifs is 1. The second kappa shape index (κ2) is 9.98. The molecular weight excluding hydrogens is 485 g/mol. The standard InChI is InChI=1S/C26H27F3N6O2/c1-34(2)13-16-12-18(19(27)20(28)23(16)35-7-9-37-10-8-35)22-24(29)33-25(30)21(32-22)15-3-4-17-14(11-15)5-6-31-26(17)36/h3-4,11-12H,5-10,13H2,1-2H3,(H2,30,33)(H,31,36). The molecule has 11 heteroatoms. The fourth-order valence-corrected chi connectivity index (χ4v) is 4.82. The Morgan fingerprint density at radius 2 is 1.81 bits per heavy atom. The van der Waals surface area contributed by atoms with Gasteiger partial charge in [-0.3, -0.25) is 4.79 Å². The number of morpholine rings is 1. The molecule has 5 rings (SSSR count). The number of carbonyl (C=O) groups excluding carboxylic acids is 1. The summed E-state index contributed by atoms with van der Waals surface area (Å²) in [6, 6.07) is 6.43. The number of nitrogens with zero attached hydrogens (tertiary/aromatic N) is 4. The normalized spacial score (nSPS) is 15.6. The molecule has 3 heterocycles. The van der Waals surface area contributed by atoms with Crippen molar-refractivity contribution in [1.29, 1.82) is 0 Å². The zero-order valence-corrected chi connectivity index (χ0v) is 20.6. The molecule has 2 aromatic carbocycles. The second-order valence-electron chi connectivity index (χ2n) is 9.37. The number of aromatic nitrogens is 2. The fraction of sp³-hybridized carbons (Fsp3) is 0.346. The third-order valence-electron chi connectivity index (χ3n) is 6.51. The Balaban J connectivity index is 1.64. The molecule has 37 heavy (non-hydrogen) atoms. The zero-order valence-electron chi connectivity index (χ0n) is 20.6. The molecule has 3 aromatic rings. The van der Waals surface area contributed by atoms with Gasteiger partial charge in [-0.05, 0) is 49.8 Å². The monoisotopic (exact) mass is 512 g/mol. The van der Waals surface area contributed by atoms with Gasteiger partial charge in [-0.1, -0.05) is 6.07 Å². The fourth-order valence-electron chi connectivity index (χ4n) is 4.82. The van der Waals surface area contributed by atoms with E-state index in [1.807, 2.05) is 19.0 Å². The van der Waals surface area contributed by atoms with E-state index < -0.39 is 23.3 Å². The number of hydrogen-bond donors (Lipinski definition) is 2. The van der Waals surface area contributed by atoms with E-state index in [4.69, 9.17) is 10.5 Å². The summed E-state index contributed by atoms with van der Waals surface area (Å²) in [6.07, 6.45) is 0.604. The Morgan fingerprint density at radius 3 is 2.54 bits per heavy atom. The van der Waals surface area contributed by atoms with Crippen molar-refractivity contribution in [3.8, 4) is 22.5 Å². The Hall–Kier alpha value is -3.70. The number of rotatable bonds is 5. The predicted octanol–water partition coefficient (Wildman–Crippen LogP) is 2.99. The van der Waals surface area contributed by atoms with Gasteiger partial charge in [-0.25, -0.2) is 13.8 Å². The van der Waals surface area contributed by atoms with Crippen molar-refractivity contribution in [2.75, 3.05) is 57.6 Å². The van der Waals surface area contributed by atoms with Gasteiger partial charge in [0, 0.05) is 42.9 Å². The highest BCUT2D eigenvalue weighted by Gasteiger charge is 2.28. The minimum Gasteiger partial charge on any atom is -0.382 e. The van der Waals surface area contributed by atoms with Gasteiger partial charge in [0.2, 0.25) is 5.95 Å². The molecule has 0 spiro atoms. The van der Waals surface area contributed by atoms with E-state index in [9.17, 15) is 4.79 Å². The van der Waals surface area contributed by atoms with E-state index in [1.54, 1.807) is 23.1 Å². The smallest absolute Gasteiger partial charge is 0.251 e. The van der Waals surface area contributed by atoms with E-state index in [2.05, 4.69) is 15.3 Å². The first-order valence-corrected chi connectivity index (χ1v) is 12.0. The first kappa shape index (κ1) is 25.0. The summed E-state index contributed by atoms with van der Waals surface area (Å²) in [6.45, 7) is 2.39. The third-order valence-corrected chi connectivity index (χ3v) is 6.51. The lowest BCUT2D eigenvalue weighted by Gasteiger charge is -2.32. The molecule has 8 nitrogen and oxygen atoms in total. The number of amides is 1. The average molecular weight is 513 g/mol. The maximum atomic E-state index is 15.6. The molecule has 0 bridgehead atoms. The molecule has 1 amide bonds. The molecule has 0 radical (unpaired) electrons. The van der Waals surface area contributed by atoms with Crippen LogP contribution in [0.25, 0.3) is 22.5 Å². The lowest BCUT2D eigenvalue weighted by molar-refractivity contribution is 0.0946. The van der Waals surface area contributed by atoms with Crippen molar-refractivity contribution in [3.63, 3.8) is 0 Å². The molecule has 194 valence electrons. The maximum Gasteiger partial charge on any atom is 0.251 e. The summed E-state index contributed by atoms with van der Waals surface area (Å²) < 4.78 is 51.6. The Morgan fingerprint density at radius 1 is 1.05 bits per heavy atom. The summed E-state index contributed by atoms with van der Waals surface area (Å²) >= 11 is 0. The number of anilines is 2. The molecule has 0 atom stereocenters. The van der Waals surface area contributed by atoms with Crippen LogP contribution in [-0.4, -0.2) is 67.7 Å². The van der Waals surface area contributed by atoms with E-state index >= 15 is 13.2 Å². The third kappa shape index (κ3) is 4.72. The van der Waals surface area contributed by atoms with Gasteiger partial charge in [0.25, 0.3) is 5.91 Å². The Labute approximate surface area is 212 Å². The minimum absolute atomic E-state index is 0.122. The minimum atomic E-state index is -1.21. The van der Waals surface area contributed by atoms with Gasteiger partial charge in [-0.2, -0.15) is 9.37 Å². The van der Waals surface area contributed by atoms with Crippen LogP contribution in [0.1, 0.15) is 21.5 Å². The van der Waals surface area contributed by atoms with Crippen LogP contribution in [-0.2, 0) is 17.7 Å².